The maximum absolute atomic E-state index is 5.72. The lowest BCUT2D eigenvalue weighted by atomic mass is 10.3. The molecule has 3 N–H and O–H groups in total. The van der Waals surface area contributed by atoms with Gasteiger partial charge in [-0.05, 0) is 18.2 Å². The fourth-order valence-corrected chi connectivity index (χ4v) is 1.18. The quantitative estimate of drug-likeness (QED) is 0.776. The minimum Gasteiger partial charge on any atom is -0.396 e. The van der Waals surface area contributed by atoms with Crippen molar-refractivity contribution >= 4 is 11.4 Å². The number of hydrogen-bond acceptors (Lipinski definition) is 5. The average molecular weight is 201 g/mol. The van der Waals surface area contributed by atoms with Gasteiger partial charge in [-0.3, -0.25) is 4.98 Å². The van der Waals surface area contributed by atoms with E-state index >= 15 is 0 Å². The summed E-state index contributed by atoms with van der Waals surface area (Å²) in [6.07, 6.45) is 4.94. The fraction of sp³-hybridized carbons (Fsp3) is 0.100. The van der Waals surface area contributed by atoms with Crippen LogP contribution in [0.25, 0.3) is 0 Å². The summed E-state index contributed by atoms with van der Waals surface area (Å²) in [6, 6.07) is 5.57. The van der Waals surface area contributed by atoms with E-state index in [1.165, 1.54) is 0 Å². The Labute approximate surface area is 87.4 Å². The molecule has 2 rings (SSSR count). The molecular formula is C10H11N5. The van der Waals surface area contributed by atoms with Gasteiger partial charge in [0.2, 0.25) is 0 Å². The zero-order valence-electron chi connectivity index (χ0n) is 8.09. The highest BCUT2D eigenvalue weighted by molar-refractivity contribution is 5.64. The summed E-state index contributed by atoms with van der Waals surface area (Å²) < 4.78 is 0. The van der Waals surface area contributed by atoms with Crippen molar-refractivity contribution in [3.05, 3.63) is 42.5 Å². The molecule has 0 spiro atoms. The Hall–Kier alpha value is -2.17. The summed E-state index contributed by atoms with van der Waals surface area (Å²) in [5.41, 5.74) is 8.08. The highest BCUT2D eigenvalue weighted by atomic mass is 15.1. The number of nitrogens with one attached hydrogen (secondary N) is 1. The van der Waals surface area contributed by atoms with E-state index in [0.29, 0.717) is 12.2 Å². The van der Waals surface area contributed by atoms with E-state index in [1.807, 2.05) is 18.2 Å². The molecule has 0 saturated heterocycles. The third-order valence-electron chi connectivity index (χ3n) is 1.94. The first-order valence-corrected chi connectivity index (χ1v) is 4.56. The standard InChI is InChI=1S/C10H11N5/c11-9-7-12-5-3-10(9)13-6-8-2-1-4-14-15-8/h1-5,7H,6,11H2,(H,12,13). The van der Waals surface area contributed by atoms with Gasteiger partial charge in [0.25, 0.3) is 0 Å². The van der Waals surface area contributed by atoms with Crippen LogP contribution >= 0.6 is 0 Å². The summed E-state index contributed by atoms with van der Waals surface area (Å²) in [5, 5.41) is 10.9. The molecule has 0 bridgehead atoms. The Kier molecular flexibility index (Phi) is 2.73. The van der Waals surface area contributed by atoms with Crippen molar-refractivity contribution in [1.82, 2.24) is 15.2 Å². The van der Waals surface area contributed by atoms with Crippen molar-refractivity contribution in [2.45, 2.75) is 6.54 Å². The van der Waals surface area contributed by atoms with Crippen molar-refractivity contribution in [3.8, 4) is 0 Å². The van der Waals surface area contributed by atoms with Crippen LogP contribution in [0.1, 0.15) is 5.69 Å². The second-order valence-corrected chi connectivity index (χ2v) is 3.03. The fourth-order valence-electron chi connectivity index (χ4n) is 1.18. The SMILES string of the molecule is Nc1cnccc1NCc1cccnn1. The molecule has 76 valence electrons. The van der Waals surface area contributed by atoms with Gasteiger partial charge < -0.3 is 11.1 Å². The molecule has 0 aliphatic rings. The van der Waals surface area contributed by atoms with Gasteiger partial charge >= 0.3 is 0 Å². The monoisotopic (exact) mass is 201 g/mol. The van der Waals surface area contributed by atoms with Gasteiger partial charge in [-0.1, -0.05) is 0 Å². The van der Waals surface area contributed by atoms with Crippen LogP contribution < -0.4 is 11.1 Å². The van der Waals surface area contributed by atoms with E-state index in [-0.39, 0.29) is 0 Å². The van der Waals surface area contributed by atoms with Crippen LogP contribution in [-0.2, 0) is 6.54 Å². The Morgan fingerprint density at radius 1 is 1.27 bits per heavy atom. The van der Waals surface area contributed by atoms with Gasteiger partial charge in [0.05, 0.1) is 29.8 Å². The maximum Gasteiger partial charge on any atom is 0.0821 e. The smallest absolute Gasteiger partial charge is 0.0821 e. The molecule has 2 aromatic rings. The van der Waals surface area contributed by atoms with E-state index in [2.05, 4.69) is 20.5 Å². The largest absolute Gasteiger partial charge is 0.396 e. The van der Waals surface area contributed by atoms with Gasteiger partial charge in [0, 0.05) is 12.4 Å². The number of aromatic nitrogens is 3. The van der Waals surface area contributed by atoms with Gasteiger partial charge in [0.1, 0.15) is 0 Å². The van der Waals surface area contributed by atoms with Crippen LogP contribution in [0, 0.1) is 0 Å². The second-order valence-electron chi connectivity index (χ2n) is 3.03. The molecule has 0 unspecified atom stereocenters. The molecule has 2 aromatic heterocycles. The summed E-state index contributed by atoms with van der Waals surface area (Å²) in [7, 11) is 0. The highest BCUT2D eigenvalue weighted by Gasteiger charge is 1.98. The van der Waals surface area contributed by atoms with Gasteiger partial charge in [-0.15, -0.1) is 0 Å². The molecule has 0 radical (unpaired) electrons. The van der Waals surface area contributed by atoms with Crippen molar-refractivity contribution in [2.24, 2.45) is 0 Å². The number of hydrogen-bond donors (Lipinski definition) is 2. The van der Waals surface area contributed by atoms with Crippen molar-refractivity contribution in [1.29, 1.82) is 0 Å². The zero-order chi connectivity index (χ0) is 10.5. The van der Waals surface area contributed by atoms with Crippen LogP contribution in [0.3, 0.4) is 0 Å². The third kappa shape index (κ3) is 2.40. The van der Waals surface area contributed by atoms with E-state index in [1.54, 1.807) is 18.6 Å². The van der Waals surface area contributed by atoms with Crippen molar-refractivity contribution < 1.29 is 0 Å². The first-order chi connectivity index (χ1) is 7.36. The molecule has 0 saturated carbocycles. The lowest BCUT2D eigenvalue weighted by Gasteiger charge is -2.07. The van der Waals surface area contributed by atoms with E-state index in [4.69, 9.17) is 5.73 Å². The topological polar surface area (TPSA) is 76.7 Å². The summed E-state index contributed by atoms with van der Waals surface area (Å²) in [5.74, 6) is 0. The van der Waals surface area contributed by atoms with Crippen LogP contribution in [0.15, 0.2) is 36.8 Å². The molecule has 0 amide bonds. The molecular weight excluding hydrogens is 190 g/mol. The normalized spacial score (nSPS) is 9.87. The molecule has 5 heteroatoms. The first kappa shape index (κ1) is 9.39. The molecule has 0 aromatic carbocycles. The number of anilines is 2. The predicted octanol–water partition coefficient (Wildman–Crippen LogP) is 1.07. The summed E-state index contributed by atoms with van der Waals surface area (Å²) >= 11 is 0. The summed E-state index contributed by atoms with van der Waals surface area (Å²) in [6.45, 7) is 0.599. The minimum atomic E-state index is 0.599. The Morgan fingerprint density at radius 2 is 2.20 bits per heavy atom. The number of pyridine rings is 1. The lowest BCUT2D eigenvalue weighted by molar-refractivity contribution is 0.925. The average Bonchev–Trinajstić information content (AvgIpc) is 2.29. The lowest BCUT2D eigenvalue weighted by Crippen LogP contribution is -2.04. The number of rotatable bonds is 3. The number of nitrogen functional groups attached to an aromatic ring is 1. The predicted molar refractivity (Wildman–Crippen MR) is 58.0 cm³/mol. The Morgan fingerprint density at radius 3 is 2.93 bits per heavy atom. The van der Waals surface area contributed by atoms with E-state index < -0.39 is 0 Å². The summed E-state index contributed by atoms with van der Waals surface area (Å²) in [4.78, 5) is 3.91. The van der Waals surface area contributed by atoms with Crippen LogP contribution in [0.5, 0.6) is 0 Å². The molecule has 2 heterocycles. The van der Waals surface area contributed by atoms with E-state index in [9.17, 15) is 0 Å². The van der Waals surface area contributed by atoms with Crippen molar-refractivity contribution in [2.75, 3.05) is 11.1 Å². The Balaban J connectivity index is 2.03. The molecule has 5 nitrogen and oxygen atoms in total. The molecule has 15 heavy (non-hydrogen) atoms. The van der Waals surface area contributed by atoms with Crippen LogP contribution in [-0.4, -0.2) is 15.2 Å². The zero-order valence-corrected chi connectivity index (χ0v) is 8.09. The van der Waals surface area contributed by atoms with Crippen molar-refractivity contribution in [3.63, 3.8) is 0 Å². The molecule has 0 aliphatic heterocycles. The Bertz CT molecular complexity index is 429. The van der Waals surface area contributed by atoms with Gasteiger partial charge in [0.15, 0.2) is 0 Å². The number of nitrogens with zero attached hydrogens (tertiary/aromatic N) is 3. The minimum absolute atomic E-state index is 0.599. The molecule has 0 fully saturated rings. The molecule has 0 atom stereocenters. The second kappa shape index (κ2) is 4.36. The van der Waals surface area contributed by atoms with Gasteiger partial charge in [-0.25, -0.2) is 0 Å². The van der Waals surface area contributed by atoms with Crippen LogP contribution in [0.4, 0.5) is 11.4 Å². The maximum atomic E-state index is 5.72. The van der Waals surface area contributed by atoms with Crippen LogP contribution in [0.2, 0.25) is 0 Å². The first-order valence-electron chi connectivity index (χ1n) is 4.56. The molecule has 0 aliphatic carbocycles. The van der Waals surface area contributed by atoms with Gasteiger partial charge in [-0.2, -0.15) is 10.2 Å². The van der Waals surface area contributed by atoms with E-state index in [0.717, 1.165) is 11.4 Å². The number of nitrogens with two attached hydrogens (primary N) is 1. The third-order valence-corrected chi connectivity index (χ3v) is 1.94. The highest BCUT2D eigenvalue weighted by Crippen LogP contribution is 2.15.